The van der Waals surface area contributed by atoms with Crippen LogP contribution in [0.3, 0.4) is 0 Å². The highest BCUT2D eigenvalue weighted by molar-refractivity contribution is 7.03. The van der Waals surface area contributed by atoms with Crippen LogP contribution >= 0.6 is 11.5 Å². The van der Waals surface area contributed by atoms with E-state index in [-0.39, 0.29) is 5.91 Å². The lowest BCUT2D eigenvalue weighted by molar-refractivity contribution is 0.0695. The number of rotatable bonds is 4. The lowest BCUT2D eigenvalue weighted by atomic mass is 9.97. The molecule has 1 aliphatic heterocycles. The Morgan fingerprint density at radius 3 is 2.78 bits per heavy atom. The maximum atomic E-state index is 12.4. The Kier molecular flexibility index (Phi) is 3.56. The van der Waals surface area contributed by atoms with Gasteiger partial charge in [-0.05, 0) is 56.2 Å². The van der Waals surface area contributed by atoms with Crippen molar-refractivity contribution in [2.45, 2.75) is 31.7 Å². The zero-order valence-electron chi connectivity index (χ0n) is 10.3. The summed E-state index contributed by atoms with van der Waals surface area (Å²) < 4.78 is 3.79. The van der Waals surface area contributed by atoms with E-state index in [0.717, 1.165) is 32.5 Å². The number of hydrogen-bond acceptors (Lipinski definition) is 5. The van der Waals surface area contributed by atoms with Crippen LogP contribution in [0.15, 0.2) is 5.38 Å². The summed E-state index contributed by atoms with van der Waals surface area (Å²) in [6.07, 6.45) is 4.64. The third-order valence-corrected chi connectivity index (χ3v) is 4.25. The van der Waals surface area contributed by atoms with Crippen LogP contribution in [0.2, 0.25) is 0 Å². The summed E-state index contributed by atoms with van der Waals surface area (Å²) in [5.41, 5.74) is 0.515. The molecule has 0 unspecified atom stereocenters. The van der Waals surface area contributed by atoms with E-state index in [1.165, 1.54) is 24.4 Å². The molecule has 1 amide bonds. The van der Waals surface area contributed by atoms with Gasteiger partial charge in [-0.2, -0.15) is 0 Å². The van der Waals surface area contributed by atoms with E-state index < -0.39 is 0 Å². The van der Waals surface area contributed by atoms with Gasteiger partial charge in [0.2, 0.25) is 0 Å². The molecule has 2 heterocycles. The van der Waals surface area contributed by atoms with Crippen LogP contribution in [0.5, 0.6) is 0 Å². The number of nitrogens with zero attached hydrogens (tertiary/aromatic N) is 3. The second kappa shape index (κ2) is 5.32. The summed E-state index contributed by atoms with van der Waals surface area (Å²) in [5.74, 6) is 0.715. The van der Waals surface area contributed by atoms with Gasteiger partial charge >= 0.3 is 0 Å². The van der Waals surface area contributed by atoms with E-state index in [1.54, 1.807) is 5.38 Å². The van der Waals surface area contributed by atoms with Crippen molar-refractivity contribution in [2.24, 2.45) is 5.92 Å². The largest absolute Gasteiger partial charge is 0.334 e. The molecule has 0 aromatic carbocycles. The fourth-order valence-corrected chi connectivity index (χ4v) is 2.96. The highest BCUT2D eigenvalue weighted by Gasteiger charge is 2.35. The molecule has 1 aromatic rings. The molecule has 2 aliphatic rings. The molecule has 1 aliphatic carbocycles. The molecule has 5 nitrogen and oxygen atoms in total. The van der Waals surface area contributed by atoms with Gasteiger partial charge in [0.15, 0.2) is 5.69 Å². The second-order valence-corrected chi connectivity index (χ2v) is 5.78. The number of carbonyl (C=O) groups is 1. The Labute approximate surface area is 111 Å². The van der Waals surface area contributed by atoms with Gasteiger partial charge in [0.1, 0.15) is 0 Å². The van der Waals surface area contributed by atoms with E-state index in [4.69, 9.17) is 0 Å². The number of piperidine rings is 1. The quantitative estimate of drug-likeness (QED) is 0.888. The standard InChI is InChI=1S/C12H18N4OS/c17-12(11-8-18-15-14-11)16(10-1-2-10)7-9-3-5-13-6-4-9/h8-10,13H,1-7H2. The molecule has 1 N–H and O–H groups in total. The van der Waals surface area contributed by atoms with Crippen LogP contribution in [-0.4, -0.2) is 46.1 Å². The van der Waals surface area contributed by atoms with Crippen molar-refractivity contribution in [3.05, 3.63) is 11.1 Å². The van der Waals surface area contributed by atoms with Gasteiger partial charge in [0, 0.05) is 18.0 Å². The third kappa shape index (κ3) is 2.70. The zero-order chi connectivity index (χ0) is 12.4. The number of hydrogen-bond donors (Lipinski definition) is 1. The summed E-state index contributed by atoms with van der Waals surface area (Å²) >= 11 is 1.24. The van der Waals surface area contributed by atoms with Crippen molar-refractivity contribution in [3.63, 3.8) is 0 Å². The minimum Gasteiger partial charge on any atom is -0.334 e. The molecule has 1 aromatic heterocycles. The molecular formula is C12H18N4OS. The molecule has 18 heavy (non-hydrogen) atoms. The molecule has 0 atom stereocenters. The van der Waals surface area contributed by atoms with E-state index in [1.807, 2.05) is 4.90 Å². The molecule has 2 fully saturated rings. The normalized spacial score (nSPS) is 20.9. The molecular weight excluding hydrogens is 248 g/mol. The Morgan fingerprint density at radius 2 is 2.17 bits per heavy atom. The lowest BCUT2D eigenvalue weighted by Crippen LogP contribution is -2.40. The van der Waals surface area contributed by atoms with Crippen molar-refractivity contribution in [1.82, 2.24) is 19.8 Å². The summed E-state index contributed by atoms with van der Waals surface area (Å²) in [5, 5.41) is 9.02. The minimum absolute atomic E-state index is 0.0739. The molecule has 1 saturated heterocycles. The first-order valence-corrected chi connectivity index (χ1v) is 7.47. The molecule has 1 saturated carbocycles. The fourth-order valence-electron chi connectivity index (χ4n) is 2.53. The third-order valence-electron chi connectivity index (χ3n) is 3.74. The van der Waals surface area contributed by atoms with Gasteiger partial charge in [-0.3, -0.25) is 4.79 Å². The molecule has 0 spiro atoms. The first-order valence-electron chi connectivity index (χ1n) is 6.63. The van der Waals surface area contributed by atoms with Gasteiger partial charge in [-0.1, -0.05) is 4.49 Å². The lowest BCUT2D eigenvalue weighted by Gasteiger charge is -2.29. The average molecular weight is 266 g/mol. The van der Waals surface area contributed by atoms with Crippen molar-refractivity contribution in [1.29, 1.82) is 0 Å². The maximum absolute atomic E-state index is 12.4. The SMILES string of the molecule is O=C(c1csnn1)N(CC1CCNCC1)C1CC1. The molecule has 3 rings (SSSR count). The average Bonchev–Trinajstić information content (AvgIpc) is 3.10. The first kappa shape index (κ1) is 12.0. The van der Waals surface area contributed by atoms with Gasteiger partial charge in [-0.25, -0.2) is 0 Å². The highest BCUT2D eigenvalue weighted by Crippen LogP contribution is 2.30. The molecule has 98 valence electrons. The smallest absolute Gasteiger partial charge is 0.275 e. The van der Waals surface area contributed by atoms with E-state index in [2.05, 4.69) is 14.9 Å². The van der Waals surface area contributed by atoms with Crippen LogP contribution in [0.1, 0.15) is 36.2 Å². The van der Waals surface area contributed by atoms with Crippen molar-refractivity contribution in [2.75, 3.05) is 19.6 Å². The molecule has 0 radical (unpaired) electrons. The summed E-state index contributed by atoms with van der Waals surface area (Å²) in [7, 11) is 0. The van der Waals surface area contributed by atoms with Gasteiger partial charge in [-0.15, -0.1) is 5.10 Å². The number of carbonyl (C=O) groups excluding carboxylic acids is 1. The van der Waals surface area contributed by atoms with Crippen molar-refractivity contribution in [3.8, 4) is 0 Å². The second-order valence-electron chi connectivity index (χ2n) is 5.17. The monoisotopic (exact) mass is 266 g/mol. The molecule has 0 bridgehead atoms. The summed E-state index contributed by atoms with van der Waals surface area (Å²) in [4.78, 5) is 14.4. The van der Waals surface area contributed by atoms with E-state index >= 15 is 0 Å². The van der Waals surface area contributed by atoms with E-state index in [0.29, 0.717) is 17.7 Å². The zero-order valence-corrected chi connectivity index (χ0v) is 11.2. The van der Waals surface area contributed by atoms with Gasteiger partial charge in [0.05, 0.1) is 0 Å². The Morgan fingerprint density at radius 1 is 1.39 bits per heavy atom. The summed E-state index contributed by atoms with van der Waals surface area (Å²) in [6.45, 7) is 3.05. The highest BCUT2D eigenvalue weighted by atomic mass is 32.1. The Hall–Kier alpha value is -1.01. The van der Waals surface area contributed by atoms with Crippen molar-refractivity contribution < 1.29 is 4.79 Å². The van der Waals surface area contributed by atoms with Gasteiger partial charge in [0.25, 0.3) is 5.91 Å². The fraction of sp³-hybridized carbons (Fsp3) is 0.750. The Balaban J connectivity index is 1.66. The van der Waals surface area contributed by atoms with Crippen LogP contribution in [-0.2, 0) is 0 Å². The predicted molar refractivity (Wildman–Crippen MR) is 69.6 cm³/mol. The number of amides is 1. The number of aromatic nitrogens is 2. The maximum Gasteiger partial charge on any atom is 0.275 e. The minimum atomic E-state index is 0.0739. The van der Waals surface area contributed by atoms with Crippen molar-refractivity contribution >= 4 is 17.4 Å². The van der Waals surface area contributed by atoms with Gasteiger partial charge < -0.3 is 10.2 Å². The van der Waals surface area contributed by atoms with Crippen LogP contribution in [0.25, 0.3) is 0 Å². The van der Waals surface area contributed by atoms with Crippen LogP contribution < -0.4 is 5.32 Å². The van der Waals surface area contributed by atoms with Crippen LogP contribution in [0, 0.1) is 5.92 Å². The predicted octanol–water partition coefficient (Wildman–Crippen LogP) is 1.14. The van der Waals surface area contributed by atoms with Crippen LogP contribution in [0.4, 0.5) is 0 Å². The first-order chi connectivity index (χ1) is 8.84. The Bertz CT molecular complexity index is 398. The number of nitrogens with one attached hydrogen (secondary N) is 1. The summed E-state index contributed by atoms with van der Waals surface area (Å²) in [6, 6.07) is 0.453. The topological polar surface area (TPSA) is 58.1 Å². The van der Waals surface area contributed by atoms with E-state index in [9.17, 15) is 4.79 Å². The molecule has 6 heteroatoms.